The lowest BCUT2D eigenvalue weighted by atomic mass is 9.99. The Hall–Kier alpha value is -0.810. The number of ether oxygens (including phenoxy) is 1. The number of hydrogen-bond donors (Lipinski definition) is 1. The fourth-order valence-corrected chi connectivity index (χ4v) is 3.20. The third-order valence-corrected chi connectivity index (χ3v) is 4.49. The van der Waals surface area contributed by atoms with Crippen LogP contribution in [0.5, 0.6) is 0 Å². The minimum Gasteiger partial charge on any atom is -0.381 e. The molecule has 0 aromatic carbocycles. The van der Waals surface area contributed by atoms with E-state index in [1.165, 1.54) is 0 Å². The molecule has 0 unspecified atom stereocenters. The van der Waals surface area contributed by atoms with Crippen molar-refractivity contribution in [1.82, 2.24) is 15.1 Å². The Bertz CT molecular complexity index is 308. The number of carbonyl (C=O) groups is 1. The number of nitrogens with zero attached hydrogens (tertiary/aromatic N) is 2. The monoisotopic (exact) mass is 283 g/mol. The van der Waals surface area contributed by atoms with Crippen LogP contribution in [0.25, 0.3) is 0 Å². The Kier molecular flexibility index (Phi) is 5.66. The van der Waals surface area contributed by atoms with Crippen LogP contribution in [0.4, 0.5) is 4.79 Å². The van der Waals surface area contributed by atoms with Crippen LogP contribution < -0.4 is 5.32 Å². The summed E-state index contributed by atoms with van der Waals surface area (Å²) < 4.78 is 5.43. The van der Waals surface area contributed by atoms with E-state index in [0.717, 1.165) is 52.0 Å². The van der Waals surface area contributed by atoms with Crippen LogP contribution in [-0.2, 0) is 4.74 Å². The SMILES string of the molecule is CC(C)NC(=O)N(C)C1CCN(C2CCOCC2)CC1. The van der Waals surface area contributed by atoms with Gasteiger partial charge in [-0.25, -0.2) is 4.79 Å². The molecule has 2 fully saturated rings. The van der Waals surface area contributed by atoms with Gasteiger partial charge in [-0.1, -0.05) is 0 Å². The average molecular weight is 283 g/mol. The fourth-order valence-electron chi connectivity index (χ4n) is 3.20. The van der Waals surface area contributed by atoms with Gasteiger partial charge in [-0.05, 0) is 39.5 Å². The first-order valence-corrected chi connectivity index (χ1v) is 7.93. The minimum absolute atomic E-state index is 0.0597. The molecule has 2 rings (SSSR count). The summed E-state index contributed by atoms with van der Waals surface area (Å²) in [4.78, 5) is 16.5. The second-order valence-electron chi connectivity index (χ2n) is 6.33. The Morgan fingerprint density at radius 3 is 2.35 bits per heavy atom. The fraction of sp³-hybridized carbons (Fsp3) is 0.933. The lowest BCUT2D eigenvalue weighted by Gasteiger charge is -2.41. The molecular formula is C15H29N3O2. The molecule has 0 bridgehead atoms. The molecule has 0 atom stereocenters. The molecule has 2 aliphatic heterocycles. The highest BCUT2D eigenvalue weighted by atomic mass is 16.5. The quantitative estimate of drug-likeness (QED) is 0.857. The third-order valence-electron chi connectivity index (χ3n) is 4.49. The summed E-state index contributed by atoms with van der Waals surface area (Å²) in [5, 5.41) is 2.97. The van der Waals surface area contributed by atoms with E-state index in [1.807, 2.05) is 25.8 Å². The van der Waals surface area contributed by atoms with Gasteiger partial charge in [0.05, 0.1) is 0 Å². The molecule has 5 heteroatoms. The highest BCUT2D eigenvalue weighted by molar-refractivity contribution is 5.74. The molecule has 20 heavy (non-hydrogen) atoms. The number of carbonyl (C=O) groups excluding carboxylic acids is 1. The third kappa shape index (κ3) is 4.09. The van der Waals surface area contributed by atoms with Crippen LogP contribution in [0, 0.1) is 0 Å². The van der Waals surface area contributed by atoms with Gasteiger partial charge in [0.1, 0.15) is 0 Å². The van der Waals surface area contributed by atoms with Gasteiger partial charge in [-0.2, -0.15) is 0 Å². The van der Waals surface area contributed by atoms with Gasteiger partial charge < -0.3 is 19.9 Å². The topological polar surface area (TPSA) is 44.8 Å². The first kappa shape index (κ1) is 15.6. The maximum absolute atomic E-state index is 12.0. The van der Waals surface area contributed by atoms with Gasteiger partial charge in [-0.3, -0.25) is 0 Å². The molecule has 0 spiro atoms. The van der Waals surface area contributed by atoms with E-state index in [9.17, 15) is 4.79 Å². The summed E-state index contributed by atoms with van der Waals surface area (Å²) in [5.74, 6) is 0. The Labute approximate surface area is 122 Å². The van der Waals surface area contributed by atoms with Gasteiger partial charge in [0, 0.05) is 51.5 Å². The summed E-state index contributed by atoms with van der Waals surface area (Å²) in [6.45, 7) is 8.02. The number of amides is 2. The number of likely N-dealkylation sites (tertiary alicyclic amines) is 1. The van der Waals surface area contributed by atoms with Crippen molar-refractivity contribution in [2.24, 2.45) is 0 Å². The number of rotatable bonds is 3. The molecule has 2 aliphatic rings. The zero-order chi connectivity index (χ0) is 14.5. The Morgan fingerprint density at radius 1 is 1.20 bits per heavy atom. The molecule has 2 amide bonds. The standard InChI is InChI=1S/C15H29N3O2/c1-12(2)16-15(19)17(3)13-4-8-18(9-5-13)14-6-10-20-11-7-14/h12-14H,4-11H2,1-3H3,(H,16,19). The van der Waals surface area contributed by atoms with Crippen LogP contribution in [0.1, 0.15) is 39.5 Å². The zero-order valence-electron chi connectivity index (χ0n) is 13.1. The predicted molar refractivity (Wildman–Crippen MR) is 79.9 cm³/mol. The molecule has 116 valence electrons. The summed E-state index contributed by atoms with van der Waals surface area (Å²) in [7, 11) is 1.92. The maximum atomic E-state index is 12.0. The molecular weight excluding hydrogens is 254 g/mol. The van der Waals surface area contributed by atoms with E-state index in [2.05, 4.69) is 10.2 Å². The van der Waals surface area contributed by atoms with Gasteiger partial charge in [0.15, 0.2) is 0 Å². The van der Waals surface area contributed by atoms with Crippen LogP contribution in [0.15, 0.2) is 0 Å². The predicted octanol–water partition coefficient (Wildman–Crippen LogP) is 1.68. The number of hydrogen-bond acceptors (Lipinski definition) is 3. The van der Waals surface area contributed by atoms with Gasteiger partial charge in [-0.15, -0.1) is 0 Å². The summed E-state index contributed by atoms with van der Waals surface area (Å²) in [5.41, 5.74) is 0. The van der Waals surface area contributed by atoms with Gasteiger partial charge in [0.2, 0.25) is 0 Å². The van der Waals surface area contributed by atoms with Crippen molar-refractivity contribution in [3.05, 3.63) is 0 Å². The largest absolute Gasteiger partial charge is 0.381 e. The lowest BCUT2D eigenvalue weighted by molar-refractivity contribution is 0.0186. The summed E-state index contributed by atoms with van der Waals surface area (Å²) >= 11 is 0. The normalized spacial score (nSPS) is 23.0. The molecule has 0 aromatic heterocycles. The highest BCUT2D eigenvalue weighted by Crippen LogP contribution is 2.22. The average Bonchev–Trinajstić information content (AvgIpc) is 2.47. The molecule has 1 N–H and O–H groups in total. The van der Waals surface area contributed by atoms with Crippen molar-refractivity contribution in [1.29, 1.82) is 0 Å². The van der Waals surface area contributed by atoms with Gasteiger partial charge in [0.25, 0.3) is 0 Å². The van der Waals surface area contributed by atoms with Crippen molar-refractivity contribution >= 4 is 6.03 Å². The summed E-state index contributed by atoms with van der Waals surface area (Å²) in [6, 6.07) is 1.33. The van der Waals surface area contributed by atoms with E-state index < -0.39 is 0 Å². The van der Waals surface area contributed by atoms with Crippen LogP contribution in [0.2, 0.25) is 0 Å². The van der Waals surface area contributed by atoms with E-state index in [-0.39, 0.29) is 12.1 Å². The van der Waals surface area contributed by atoms with Crippen molar-refractivity contribution in [2.45, 2.75) is 57.7 Å². The zero-order valence-corrected chi connectivity index (χ0v) is 13.1. The molecule has 0 saturated carbocycles. The minimum atomic E-state index is 0.0597. The number of urea groups is 1. The first-order valence-electron chi connectivity index (χ1n) is 7.93. The lowest BCUT2D eigenvalue weighted by Crippen LogP contribution is -2.52. The van der Waals surface area contributed by atoms with Gasteiger partial charge >= 0.3 is 6.03 Å². The Balaban J connectivity index is 1.76. The number of nitrogens with one attached hydrogen (secondary N) is 1. The van der Waals surface area contributed by atoms with E-state index in [1.54, 1.807) is 0 Å². The van der Waals surface area contributed by atoms with Crippen LogP contribution in [-0.4, -0.2) is 67.3 Å². The smallest absolute Gasteiger partial charge is 0.317 e. The number of piperidine rings is 1. The molecule has 2 heterocycles. The molecule has 0 aliphatic carbocycles. The van der Waals surface area contributed by atoms with Crippen molar-refractivity contribution in [3.8, 4) is 0 Å². The highest BCUT2D eigenvalue weighted by Gasteiger charge is 2.29. The second-order valence-corrected chi connectivity index (χ2v) is 6.33. The molecule has 5 nitrogen and oxygen atoms in total. The second kappa shape index (κ2) is 7.27. The molecule has 2 saturated heterocycles. The van der Waals surface area contributed by atoms with Crippen LogP contribution in [0.3, 0.4) is 0 Å². The maximum Gasteiger partial charge on any atom is 0.317 e. The first-order chi connectivity index (χ1) is 9.58. The molecule has 0 radical (unpaired) electrons. The van der Waals surface area contributed by atoms with E-state index in [4.69, 9.17) is 4.74 Å². The van der Waals surface area contributed by atoms with Crippen LogP contribution >= 0.6 is 0 Å². The molecule has 0 aromatic rings. The van der Waals surface area contributed by atoms with Crippen molar-refractivity contribution < 1.29 is 9.53 Å². The Morgan fingerprint density at radius 2 is 1.80 bits per heavy atom. The summed E-state index contributed by atoms with van der Waals surface area (Å²) in [6.07, 6.45) is 4.49. The van der Waals surface area contributed by atoms with E-state index in [0.29, 0.717) is 12.1 Å². The van der Waals surface area contributed by atoms with Crippen molar-refractivity contribution in [3.63, 3.8) is 0 Å². The van der Waals surface area contributed by atoms with Crippen molar-refractivity contribution in [2.75, 3.05) is 33.4 Å². The van der Waals surface area contributed by atoms with E-state index >= 15 is 0 Å².